The fraction of sp³-hybridized carbons (Fsp3) is 0.643. The molecule has 0 spiro atoms. The molecule has 1 aromatic rings. The molecule has 0 amide bonds. The Kier molecular flexibility index (Phi) is 5.88. The summed E-state index contributed by atoms with van der Waals surface area (Å²) < 4.78 is 5.24. The summed E-state index contributed by atoms with van der Waals surface area (Å²) in [4.78, 5) is 4.16. The maximum atomic E-state index is 10.3. The average molecular weight is 393 g/mol. The minimum absolute atomic E-state index is 0. The standard InChI is InChI=1S/C14H23N3O2.HI/c1-13(6-7-13)9-16-12(15-3)17-10-14(2,18)11-5-4-8-19-11;/h4-5,8,18H,6-7,9-10H2,1-3H3,(H2,15,16,17);1H. The lowest BCUT2D eigenvalue weighted by Crippen LogP contribution is -2.45. The number of aliphatic imine (C=N–C) groups is 1. The van der Waals surface area contributed by atoms with Crippen LogP contribution in [-0.4, -0.2) is 31.2 Å². The molecule has 0 radical (unpaired) electrons. The molecule has 3 N–H and O–H groups in total. The fourth-order valence-corrected chi connectivity index (χ4v) is 1.84. The summed E-state index contributed by atoms with van der Waals surface area (Å²) in [6, 6.07) is 3.54. The van der Waals surface area contributed by atoms with Crippen molar-refractivity contribution in [1.82, 2.24) is 10.6 Å². The zero-order valence-electron chi connectivity index (χ0n) is 12.3. The normalized spacial score (nSPS) is 19.7. The highest BCUT2D eigenvalue weighted by Crippen LogP contribution is 2.43. The van der Waals surface area contributed by atoms with E-state index in [4.69, 9.17) is 4.42 Å². The Morgan fingerprint density at radius 3 is 2.70 bits per heavy atom. The summed E-state index contributed by atoms with van der Waals surface area (Å²) in [5, 5.41) is 16.7. The highest BCUT2D eigenvalue weighted by atomic mass is 127. The van der Waals surface area contributed by atoms with Gasteiger partial charge in [-0.25, -0.2) is 0 Å². The number of rotatable bonds is 5. The van der Waals surface area contributed by atoms with E-state index in [1.807, 2.05) is 0 Å². The van der Waals surface area contributed by atoms with E-state index < -0.39 is 5.60 Å². The quantitative estimate of drug-likeness (QED) is 0.407. The van der Waals surface area contributed by atoms with Crippen LogP contribution in [0.15, 0.2) is 27.8 Å². The molecular weight excluding hydrogens is 369 g/mol. The smallest absolute Gasteiger partial charge is 0.191 e. The average Bonchev–Trinajstić information content (AvgIpc) is 2.90. The zero-order chi connectivity index (χ0) is 13.9. The van der Waals surface area contributed by atoms with Gasteiger partial charge in [0.1, 0.15) is 11.4 Å². The van der Waals surface area contributed by atoms with Crippen LogP contribution in [0.4, 0.5) is 0 Å². The van der Waals surface area contributed by atoms with E-state index in [0.29, 0.717) is 23.7 Å². The lowest BCUT2D eigenvalue weighted by molar-refractivity contribution is 0.0386. The molecule has 1 aliphatic rings. The second-order valence-corrected chi connectivity index (χ2v) is 5.84. The Hall–Kier alpha value is -0.760. The van der Waals surface area contributed by atoms with Gasteiger partial charge < -0.3 is 20.2 Å². The van der Waals surface area contributed by atoms with Gasteiger partial charge in [0.15, 0.2) is 5.96 Å². The number of guanidine groups is 1. The molecule has 1 aromatic heterocycles. The number of furan rings is 1. The Morgan fingerprint density at radius 1 is 1.50 bits per heavy atom. The van der Waals surface area contributed by atoms with Gasteiger partial charge in [0.2, 0.25) is 0 Å². The highest BCUT2D eigenvalue weighted by Gasteiger charge is 2.37. The predicted molar refractivity (Wildman–Crippen MR) is 90.4 cm³/mol. The maximum absolute atomic E-state index is 10.3. The van der Waals surface area contributed by atoms with Crippen LogP contribution >= 0.6 is 24.0 Å². The number of nitrogens with one attached hydrogen (secondary N) is 2. The van der Waals surface area contributed by atoms with Crippen molar-refractivity contribution in [2.75, 3.05) is 20.1 Å². The number of halogens is 1. The first-order valence-corrected chi connectivity index (χ1v) is 6.66. The van der Waals surface area contributed by atoms with Crippen LogP contribution in [-0.2, 0) is 5.60 Å². The molecule has 1 unspecified atom stereocenters. The third-order valence-corrected chi connectivity index (χ3v) is 3.66. The molecule has 6 heteroatoms. The predicted octanol–water partition coefficient (Wildman–Crippen LogP) is 2.07. The molecule has 1 fully saturated rings. The van der Waals surface area contributed by atoms with Crippen molar-refractivity contribution in [3.8, 4) is 0 Å². The number of hydrogen-bond acceptors (Lipinski definition) is 3. The van der Waals surface area contributed by atoms with E-state index in [1.54, 1.807) is 32.4 Å². The molecule has 1 atom stereocenters. The summed E-state index contributed by atoms with van der Waals surface area (Å²) in [6.45, 7) is 5.23. The van der Waals surface area contributed by atoms with E-state index >= 15 is 0 Å². The molecule has 2 rings (SSSR count). The molecule has 5 nitrogen and oxygen atoms in total. The first kappa shape index (κ1) is 17.3. The fourth-order valence-electron chi connectivity index (χ4n) is 1.84. The first-order chi connectivity index (χ1) is 8.95. The molecule has 1 aliphatic carbocycles. The van der Waals surface area contributed by atoms with Crippen molar-refractivity contribution in [2.24, 2.45) is 10.4 Å². The minimum atomic E-state index is -1.05. The van der Waals surface area contributed by atoms with Gasteiger partial charge in [-0.05, 0) is 37.3 Å². The van der Waals surface area contributed by atoms with E-state index in [-0.39, 0.29) is 24.0 Å². The topological polar surface area (TPSA) is 69.8 Å². The van der Waals surface area contributed by atoms with Crippen LogP contribution in [0.25, 0.3) is 0 Å². The Bertz CT molecular complexity index is 439. The zero-order valence-corrected chi connectivity index (χ0v) is 14.6. The molecule has 0 saturated heterocycles. The Labute approximate surface area is 137 Å². The van der Waals surface area contributed by atoms with Crippen molar-refractivity contribution >= 4 is 29.9 Å². The number of nitrogens with zero attached hydrogens (tertiary/aromatic N) is 1. The van der Waals surface area contributed by atoms with Gasteiger partial charge in [-0.1, -0.05) is 6.92 Å². The second-order valence-electron chi connectivity index (χ2n) is 5.84. The van der Waals surface area contributed by atoms with Crippen molar-refractivity contribution in [2.45, 2.75) is 32.3 Å². The van der Waals surface area contributed by atoms with Crippen molar-refractivity contribution in [1.29, 1.82) is 0 Å². The monoisotopic (exact) mass is 393 g/mol. The van der Waals surface area contributed by atoms with Gasteiger partial charge in [0, 0.05) is 13.6 Å². The van der Waals surface area contributed by atoms with Gasteiger partial charge in [0.25, 0.3) is 0 Å². The van der Waals surface area contributed by atoms with Crippen LogP contribution in [0.3, 0.4) is 0 Å². The molecule has 20 heavy (non-hydrogen) atoms. The highest BCUT2D eigenvalue weighted by molar-refractivity contribution is 14.0. The first-order valence-electron chi connectivity index (χ1n) is 6.66. The summed E-state index contributed by atoms with van der Waals surface area (Å²) in [7, 11) is 1.73. The van der Waals surface area contributed by atoms with E-state index in [0.717, 1.165) is 6.54 Å². The molecule has 1 heterocycles. The van der Waals surface area contributed by atoms with Crippen LogP contribution in [0.5, 0.6) is 0 Å². The van der Waals surface area contributed by atoms with Gasteiger partial charge in [-0.15, -0.1) is 24.0 Å². The van der Waals surface area contributed by atoms with Crippen molar-refractivity contribution in [3.63, 3.8) is 0 Å². The third-order valence-electron chi connectivity index (χ3n) is 3.66. The van der Waals surface area contributed by atoms with E-state index in [1.165, 1.54) is 12.8 Å². The second kappa shape index (κ2) is 6.80. The molecule has 0 bridgehead atoms. The van der Waals surface area contributed by atoms with Gasteiger partial charge >= 0.3 is 0 Å². The Balaban J connectivity index is 0.00000200. The molecule has 1 saturated carbocycles. The summed E-state index contributed by atoms with van der Waals surface area (Å²) in [5.41, 5.74) is -0.633. The van der Waals surface area contributed by atoms with Gasteiger partial charge in [-0.2, -0.15) is 0 Å². The lowest BCUT2D eigenvalue weighted by atomic mass is 10.0. The van der Waals surface area contributed by atoms with E-state index in [9.17, 15) is 5.11 Å². The number of aliphatic hydroxyl groups is 1. The maximum Gasteiger partial charge on any atom is 0.191 e. The van der Waals surface area contributed by atoms with E-state index in [2.05, 4.69) is 22.5 Å². The third kappa shape index (κ3) is 4.66. The minimum Gasteiger partial charge on any atom is -0.466 e. The largest absolute Gasteiger partial charge is 0.466 e. The van der Waals surface area contributed by atoms with Crippen LogP contribution in [0.2, 0.25) is 0 Å². The lowest BCUT2D eigenvalue weighted by Gasteiger charge is -2.23. The molecule has 114 valence electrons. The Morgan fingerprint density at radius 2 is 2.20 bits per heavy atom. The van der Waals surface area contributed by atoms with Crippen LogP contribution in [0.1, 0.15) is 32.4 Å². The van der Waals surface area contributed by atoms with Crippen LogP contribution in [0, 0.1) is 5.41 Å². The van der Waals surface area contributed by atoms with Crippen LogP contribution < -0.4 is 10.6 Å². The summed E-state index contributed by atoms with van der Waals surface area (Å²) >= 11 is 0. The van der Waals surface area contributed by atoms with Crippen molar-refractivity contribution in [3.05, 3.63) is 24.2 Å². The van der Waals surface area contributed by atoms with Crippen molar-refractivity contribution < 1.29 is 9.52 Å². The van der Waals surface area contributed by atoms with Gasteiger partial charge in [-0.3, -0.25) is 4.99 Å². The molecular formula is C14H24IN3O2. The number of hydrogen-bond donors (Lipinski definition) is 3. The summed E-state index contributed by atoms with van der Waals surface area (Å²) in [6.07, 6.45) is 4.09. The van der Waals surface area contributed by atoms with Gasteiger partial charge in [0.05, 0.1) is 12.8 Å². The molecule has 0 aliphatic heterocycles. The SMILES string of the molecule is CN=C(NCC1(C)CC1)NCC(C)(O)c1ccco1.I. The molecule has 0 aromatic carbocycles. The summed E-state index contributed by atoms with van der Waals surface area (Å²) in [5.74, 6) is 1.25.